The average Bonchev–Trinajstić information content (AvgIpc) is 3.37. The smallest absolute Gasteiger partial charge is 0.220 e. The molecule has 0 bridgehead atoms. The van der Waals surface area contributed by atoms with Crippen molar-refractivity contribution < 1.29 is 14.3 Å². The van der Waals surface area contributed by atoms with Crippen molar-refractivity contribution in [3.05, 3.63) is 68.6 Å². The Bertz CT molecular complexity index is 1160. The van der Waals surface area contributed by atoms with Crippen molar-refractivity contribution in [2.75, 3.05) is 6.61 Å². The second-order valence-corrected chi connectivity index (χ2v) is 9.78. The summed E-state index contributed by atoms with van der Waals surface area (Å²) in [5, 5.41) is 8.42. The minimum absolute atomic E-state index is 0.00513. The number of ether oxygens (including phenoxy) is 1. The third-order valence-electron chi connectivity index (χ3n) is 6.12. The molecule has 31 heavy (non-hydrogen) atoms. The van der Waals surface area contributed by atoms with Gasteiger partial charge in [-0.05, 0) is 11.6 Å². The van der Waals surface area contributed by atoms with Gasteiger partial charge in [0.25, 0.3) is 0 Å². The van der Waals surface area contributed by atoms with E-state index in [4.69, 9.17) is 16.3 Å². The van der Waals surface area contributed by atoms with Gasteiger partial charge in [0.15, 0.2) is 5.78 Å². The summed E-state index contributed by atoms with van der Waals surface area (Å²) in [6.45, 7) is 1.57. The van der Waals surface area contributed by atoms with E-state index in [1.807, 2.05) is 41.4 Å². The van der Waals surface area contributed by atoms with Crippen molar-refractivity contribution in [2.24, 2.45) is 7.05 Å². The van der Waals surface area contributed by atoms with Gasteiger partial charge in [-0.2, -0.15) is 0 Å². The molecule has 9 heteroatoms. The second kappa shape index (κ2) is 7.55. The number of likely N-dealkylation sites (tertiary alicyclic amines) is 1. The number of hydrogen-bond donors (Lipinski definition) is 0. The van der Waals surface area contributed by atoms with Crippen LogP contribution in [0, 0.1) is 0 Å². The van der Waals surface area contributed by atoms with Gasteiger partial charge in [0, 0.05) is 37.3 Å². The van der Waals surface area contributed by atoms with Gasteiger partial charge >= 0.3 is 0 Å². The number of carbonyl (C=O) groups is 2. The number of benzene rings is 1. The van der Waals surface area contributed by atoms with E-state index in [2.05, 4.69) is 10.3 Å². The molecule has 2 aromatic heterocycles. The van der Waals surface area contributed by atoms with Gasteiger partial charge in [-0.25, -0.2) is 0 Å². The molecule has 3 atom stereocenters. The zero-order valence-electron chi connectivity index (χ0n) is 17.1. The van der Waals surface area contributed by atoms with Gasteiger partial charge < -0.3 is 9.64 Å². The molecule has 1 amide bonds. The number of Topliss-reactive ketones (excluding diaryl/α,β-unsaturated/α-hetero) is 1. The fourth-order valence-corrected chi connectivity index (χ4v) is 6.24. The van der Waals surface area contributed by atoms with Gasteiger partial charge in [0.2, 0.25) is 5.91 Å². The molecule has 0 aliphatic carbocycles. The fraction of sp³-hybridized carbons (Fsp3) is 0.364. The van der Waals surface area contributed by atoms with Crippen LogP contribution in [-0.4, -0.2) is 38.2 Å². The Kier molecular flexibility index (Phi) is 4.96. The molecule has 1 spiro atoms. The van der Waals surface area contributed by atoms with E-state index in [9.17, 15) is 9.59 Å². The number of hydrogen-bond acceptors (Lipinski definition) is 6. The molecule has 1 fully saturated rings. The number of piperidine rings is 1. The number of halogens is 1. The van der Waals surface area contributed by atoms with Gasteiger partial charge in [-0.15, -0.1) is 16.4 Å². The van der Waals surface area contributed by atoms with Crippen molar-refractivity contribution >= 4 is 34.6 Å². The molecule has 160 valence electrons. The molecule has 0 unspecified atom stereocenters. The highest BCUT2D eigenvalue weighted by molar-refractivity contribution is 7.16. The van der Waals surface area contributed by atoms with E-state index in [0.29, 0.717) is 28.4 Å². The van der Waals surface area contributed by atoms with Crippen molar-refractivity contribution in [3.63, 3.8) is 0 Å². The monoisotopic (exact) mass is 456 g/mol. The van der Waals surface area contributed by atoms with Gasteiger partial charge in [0.05, 0.1) is 22.6 Å². The predicted molar refractivity (Wildman–Crippen MR) is 116 cm³/mol. The minimum Gasteiger partial charge on any atom is -0.361 e. The first-order valence-corrected chi connectivity index (χ1v) is 11.2. The van der Waals surface area contributed by atoms with Crippen LogP contribution >= 0.6 is 22.9 Å². The number of thiophene rings is 1. The van der Waals surface area contributed by atoms with E-state index < -0.39 is 5.60 Å². The fourth-order valence-electron chi connectivity index (χ4n) is 4.84. The number of amides is 1. The predicted octanol–water partition coefficient (Wildman–Crippen LogP) is 4.06. The summed E-state index contributed by atoms with van der Waals surface area (Å²) in [5.41, 5.74) is 1.59. The number of fused-ring (bicyclic) bond motifs is 2. The lowest BCUT2D eigenvalue weighted by Gasteiger charge is -2.51. The van der Waals surface area contributed by atoms with Gasteiger partial charge in [-0.3, -0.25) is 14.3 Å². The molecular weight excluding hydrogens is 436 g/mol. The van der Waals surface area contributed by atoms with Crippen molar-refractivity contribution in [3.8, 4) is 0 Å². The van der Waals surface area contributed by atoms with E-state index >= 15 is 0 Å². The molecule has 7 nitrogen and oxygen atoms in total. The standard InChI is InChI=1S/C22H21ClN4O3S/c1-13(28)27-17(14-6-4-3-5-7-14)9-22(10-18(27)16-11-26(2)25-24-16)21-15(8-20(23)31-21)19(29)12-30-22/h3-8,11,17-18H,9-10,12H2,1-2H3/t17-,18+,22+/m1/s1. The summed E-state index contributed by atoms with van der Waals surface area (Å²) in [5.74, 6) is -0.110. The van der Waals surface area contributed by atoms with Crippen LogP contribution < -0.4 is 0 Å². The zero-order chi connectivity index (χ0) is 21.8. The number of nitrogens with zero attached hydrogens (tertiary/aromatic N) is 4. The molecule has 2 aliphatic rings. The Morgan fingerprint density at radius 1 is 1.26 bits per heavy atom. The van der Waals surface area contributed by atoms with Crippen LogP contribution in [0.3, 0.4) is 0 Å². The van der Waals surface area contributed by atoms with Gasteiger partial charge in [0.1, 0.15) is 17.9 Å². The van der Waals surface area contributed by atoms with Crippen molar-refractivity contribution in [2.45, 2.75) is 37.5 Å². The Balaban J connectivity index is 1.69. The van der Waals surface area contributed by atoms with Crippen molar-refractivity contribution in [1.29, 1.82) is 0 Å². The van der Waals surface area contributed by atoms with Crippen LogP contribution in [-0.2, 0) is 22.2 Å². The van der Waals surface area contributed by atoms with Gasteiger partial charge in [-0.1, -0.05) is 47.1 Å². The van der Waals surface area contributed by atoms with Crippen LogP contribution in [0.25, 0.3) is 0 Å². The number of carbonyl (C=O) groups excluding carboxylic acids is 2. The quantitative estimate of drug-likeness (QED) is 0.581. The second-order valence-electron chi connectivity index (χ2n) is 8.09. The SMILES string of the molecule is CC(=O)N1[C@@H](c2ccccc2)C[C@@]2(C[C@H]1c1cn(C)nn1)OCC(=O)c1cc(Cl)sc12. The highest BCUT2D eigenvalue weighted by Gasteiger charge is 2.53. The first-order chi connectivity index (χ1) is 14.9. The third-order valence-corrected chi connectivity index (χ3v) is 7.57. The summed E-state index contributed by atoms with van der Waals surface area (Å²) in [6.07, 6.45) is 2.84. The Morgan fingerprint density at radius 2 is 2.00 bits per heavy atom. The Labute approximate surface area is 188 Å². The highest BCUT2D eigenvalue weighted by atomic mass is 35.5. The summed E-state index contributed by atoms with van der Waals surface area (Å²) in [6, 6.07) is 11.0. The van der Waals surface area contributed by atoms with Crippen LogP contribution in [0.15, 0.2) is 42.6 Å². The minimum atomic E-state index is -0.740. The van der Waals surface area contributed by atoms with E-state index in [-0.39, 0.29) is 30.4 Å². The first kappa shape index (κ1) is 20.4. The number of rotatable bonds is 2. The highest BCUT2D eigenvalue weighted by Crippen LogP contribution is 2.55. The van der Waals surface area contributed by atoms with E-state index in [1.165, 1.54) is 11.3 Å². The van der Waals surface area contributed by atoms with Crippen molar-refractivity contribution in [1.82, 2.24) is 19.9 Å². The zero-order valence-corrected chi connectivity index (χ0v) is 18.7. The maximum absolute atomic E-state index is 12.9. The molecule has 1 saturated heterocycles. The summed E-state index contributed by atoms with van der Waals surface area (Å²) >= 11 is 7.71. The van der Waals surface area contributed by atoms with Crippen LogP contribution in [0.1, 0.15) is 58.3 Å². The topological polar surface area (TPSA) is 77.3 Å². The molecule has 0 radical (unpaired) electrons. The maximum Gasteiger partial charge on any atom is 0.220 e. The molecule has 1 aromatic carbocycles. The summed E-state index contributed by atoms with van der Waals surface area (Å²) in [7, 11) is 1.80. The maximum atomic E-state index is 12.9. The van der Waals surface area contributed by atoms with E-state index in [0.717, 1.165) is 10.4 Å². The average molecular weight is 457 g/mol. The molecule has 3 aromatic rings. The Hall–Kier alpha value is -2.55. The number of ketones is 1. The molecular formula is C22H21ClN4O3S. The number of aromatic nitrogens is 3. The molecule has 4 heterocycles. The van der Waals surface area contributed by atoms with Crippen LogP contribution in [0.5, 0.6) is 0 Å². The third kappa shape index (κ3) is 3.39. The molecule has 5 rings (SSSR count). The lowest BCUT2D eigenvalue weighted by molar-refractivity contribution is -0.154. The van der Waals surface area contributed by atoms with E-state index in [1.54, 1.807) is 24.7 Å². The summed E-state index contributed by atoms with van der Waals surface area (Å²) in [4.78, 5) is 28.2. The van der Waals surface area contributed by atoms with Crippen LogP contribution in [0.4, 0.5) is 0 Å². The normalized spacial score (nSPS) is 25.6. The number of aryl methyl sites for hydroxylation is 1. The first-order valence-electron chi connectivity index (χ1n) is 10.0. The molecule has 0 saturated carbocycles. The molecule has 0 N–H and O–H groups in total. The molecule has 2 aliphatic heterocycles. The summed E-state index contributed by atoms with van der Waals surface area (Å²) < 4.78 is 8.50. The van der Waals surface area contributed by atoms with Crippen LogP contribution in [0.2, 0.25) is 4.34 Å². The Morgan fingerprint density at radius 3 is 2.68 bits per heavy atom. The lowest BCUT2D eigenvalue weighted by atomic mass is 9.75. The lowest BCUT2D eigenvalue weighted by Crippen LogP contribution is -2.51. The largest absolute Gasteiger partial charge is 0.361 e.